The van der Waals surface area contributed by atoms with Gasteiger partial charge in [-0.1, -0.05) is 0 Å². The monoisotopic (exact) mass is 301 g/mol. The quantitative estimate of drug-likeness (QED) is 0.846. The number of carbonyl (C=O) groups is 1. The third-order valence-electron chi connectivity index (χ3n) is 2.09. The number of rotatable bonds is 5. The SMILES string of the molecule is COc1c(C(F)F)cnc(OC(F)(F)F)c1CC(=O)O. The Hall–Kier alpha value is -2.13. The number of halogens is 5. The standard InChI is InChI=1S/C10H8F5NO4/c1-19-7-4(2-6(17)18)9(20-10(13,14)15)16-3-5(7)8(11)12/h3,8H,2H2,1H3,(H,17,18). The minimum atomic E-state index is -5.14. The second-order valence-corrected chi connectivity index (χ2v) is 3.45. The van der Waals surface area contributed by atoms with E-state index in [9.17, 15) is 26.7 Å². The number of alkyl halides is 5. The lowest BCUT2D eigenvalue weighted by Crippen LogP contribution is -2.20. The summed E-state index contributed by atoms with van der Waals surface area (Å²) < 4.78 is 69.9. The molecule has 112 valence electrons. The molecule has 0 aliphatic carbocycles. The fourth-order valence-corrected chi connectivity index (χ4v) is 1.44. The number of carboxylic acid groups (broad SMARTS) is 1. The number of aromatic nitrogens is 1. The molecule has 0 unspecified atom stereocenters. The molecular weight excluding hydrogens is 293 g/mol. The van der Waals surface area contributed by atoms with Crippen LogP contribution in [-0.2, 0) is 11.2 Å². The lowest BCUT2D eigenvalue weighted by molar-refractivity contribution is -0.276. The summed E-state index contributed by atoms with van der Waals surface area (Å²) in [6, 6.07) is 0. The highest BCUT2D eigenvalue weighted by Crippen LogP contribution is 2.37. The van der Waals surface area contributed by atoms with Crippen molar-refractivity contribution < 1.29 is 41.3 Å². The fourth-order valence-electron chi connectivity index (χ4n) is 1.44. The van der Waals surface area contributed by atoms with Crippen molar-refractivity contribution in [3.05, 3.63) is 17.3 Å². The van der Waals surface area contributed by atoms with Gasteiger partial charge in [0.1, 0.15) is 5.75 Å². The molecule has 1 rings (SSSR count). The zero-order valence-corrected chi connectivity index (χ0v) is 9.87. The highest BCUT2D eigenvalue weighted by molar-refractivity contribution is 5.73. The van der Waals surface area contributed by atoms with Crippen LogP contribution in [0.3, 0.4) is 0 Å². The summed E-state index contributed by atoms with van der Waals surface area (Å²) in [5, 5.41) is 8.63. The maximum absolute atomic E-state index is 12.7. The van der Waals surface area contributed by atoms with Crippen LogP contribution in [0.1, 0.15) is 17.6 Å². The lowest BCUT2D eigenvalue weighted by Gasteiger charge is -2.16. The van der Waals surface area contributed by atoms with Crippen molar-refractivity contribution in [2.24, 2.45) is 0 Å². The van der Waals surface area contributed by atoms with Crippen LogP contribution in [0.4, 0.5) is 22.0 Å². The summed E-state index contributed by atoms with van der Waals surface area (Å²) in [5.74, 6) is -3.39. The number of nitrogens with zero attached hydrogens (tertiary/aromatic N) is 1. The molecule has 1 aromatic heterocycles. The predicted octanol–water partition coefficient (Wildman–Crippen LogP) is 2.55. The smallest absolute Gasteiger partial charge is 0.496 e. The molecule has 0 fully saturated rings. The molecule has 0 aromatic carbocycles. The molecule has 1 aromatic rings. The average Bonchev–Trinajstić information content (AvgIpc) is 2.28. The average molecular weight is 301 g/mol. The first-order valence-corrected chi connectivity index (χ1v) is 4.97. The normalized spacial score (nSPS) is 11.6. The maximum atomic E-state index is 12.7. The van der Waals surface area contributed by atoms with Gasteiger partial charge in [-0.15, -0.1) is 13.2 Å². The van der Waals surface area contributed by atoms with E-state index in [-0.39, 0.29) is 0 Å². The molecule has 0 amide bonds. The maximum Gasteiger partial charge on any atom is 0.574 e. The van der Waals surface area contributed by atoms with Gasteiger partial charge in [-0.05, 0) is 0 Å². The zero-order chi connectivity index (χ0) is 15.5. The Morgan fingerprint density at radius 1 is 1.45 bits per heavy atom. The van der Waals surface area contributed by atoms with Crippen LogP contribution in [0.2, 0.25) is 0 Å². The van der Waals surface area contributed by atoms with Gasteiger partial charge in [0, 0.05) is 6.20 Å². The van der Waals surface area contributed by atoms with Gasteiger partial charge in [-0.25, -0.2) is 13.8 Å². The van der Waals surface area contributed by atoms with Crippen LogP contribution in [0.5, 0.6) is 11.6 Å². The van der Waals surface area contributed by atoms with Crippen LogP contribution < -0.4 is 9.47 Å². The second-order valence-electron chi connectivity index (χ2n) is 3.45. The summed E-state index contributed by atoms with van der Waals surface area (Å²) in [4.78, 5) is 13.7. The molecule has 0 spiro atoms. The molecule has 1 heterocycles. The van der Waals surface area contributed by atoms with E-state index >= 15 is 0 Å². The van der Waals surface area contributed by atoms with Crippen molar-refractivity contribution in [3.8, 4) is 11.6 Å². The third kappa shape index (κ3) is 3.93. The first kappa shape index (κ1) is 15.9. The Morgan fingerprint density at radius 3 is 2.45 bits per heavy atom. The molecule has 0 saturated heterocycles. The Morgan fingerprint density at radius 2 is 2.05 bits per heavy atom. The van der Waals surface area contributed by atoms with Crippen LogP contribution in [0.25, 0.3) is 0 Å². The Balaban J connectivity index is 3.40. The van der Waals surface area contributed by atoms with Crippen LogP contribution in [0.15, 0.2) is 6.20 Å². The number of hydrogen-bond acceptors (Lipinski definition) is 4. The van der Waals surface area contributed by atoms with Gasteiger partial charge in [-0.3, -0.25) is 4.79 Å². The number of pyridine rings is 1. The number of hydrogen-bond donors (Lipinski definition) is 1. The van der Waals surface area contributed by atoms with E-state index in [1.54, 1.807) is 0 Å². The van der Waals surface area contributed by atoms with E-state index in [2.05, 4.69) is 14.5 Å². The molecule has 0 atom stereocenters. The number of aliphatic carboxylic acids is 1. The molecule has 20 heavy (non-hydrogen) atoms. The fraction of sp³-hybridized carbons (Fsp3) is 0.400. The highest BCUT2D eigenvalue weighted by atomic mass is 19.4. The van der Waals surface area contributed by atoms with Crippen molar-refractivity contribution in [1.82, 2.24) is 4.98 Å². The van der Waals surface area contributed by atoms with Gasteiger partial charge in [0.05, 0.1) is 24.7 Å². The number of methoxy groups -OCH3 is 1. The first-order chi connectivity index (χ1) is 9.15. The van der Waals surface area contributed by atoms with Gasteiger partial charge in [-0.2, -0.15) is 0 Å². The van der Waals surface area contributed by atoms with E-state index < -0.39 is 47.9 Å². The van der Waals surface area contributed by atoms with Crippen molar-refractivity contribution in [2.75, 3.05) is 7.11 Å². The summed E-state index contributed by atoms with van der Waals surface area (Å²) in [6.07, 6.45) is -8.81. The van der Waals surface area contributed by atoms with Crippen molar-refractivity contribution in [3.63, 3.8) is 0 Å². The summed E-state index contributed by atoms with van der Waals surface area (Å²) in [6.45, 7) is 0. The molecule has 5 nitrogen and oxygen atoms in total. The molecule has 0 aliphatic heterocycles. The van der Waals surface area contributed by atoms with E-state index in [0.29, 0.717) is 6.20 Å². The zero-order valence-electron chi connectivity index (χ0n) is 9.87. The number of carboxylic acids is 1. The minimum Gasteiger partial charge on any atom is -0.496 e. The van der Waals surface area contributed by atoms with E-state index in [4.69, 9.17) is 5.11 Å². The largest absolute Gasteiger partial charge is 0.574 e. The molecule has 10 heteroatoms. The van der Waals surface area contributed by atoms with Crippen molar-refractivity contribution in [2.45, 2.75) is 19.2 Å². The Labute approximate surface area is 108 Å². The topological polar surface area (TPSA) is 68.7 Å². The third-order valence-corrected chi connectivity index (χ3v) is 2.09. The summed E-state index contributed by atoms with van der Waals surface area (Å²) in [7, 11) is 0.921. The van der Waals surface area contributed by atoms with Gasteiger partial charge < -0.3 is 14.6 Å². The van der Waals surface area contributed by atoms with Crippen molar-refractivity contribution in [1.29, 1.82) is 0 Å². The summed E-state index contributed by atoms with van der Waals surface area (Å²) >= 11 is 0. The van der Waals surface area contributed by atoms with E-state index in [0.717, 1.165) is 7.11 Å². The van der Waals surface area contributed by atoms with Gasteiger partial charge >= 0.3 is 12.3 Å². The van der Waals surface area contributed by atoms with Crippen LogP contribution in [0, 0.1) is 0 Å². The molecule has 0 bridgehead atoms. The van der Waals surface area contributed by atoms with Gasteiger partial charge in [0.25, 0.3) is 6.43 Å². The van der Waals surface area contributed by atoms with Crippen molar-refractivity contribution >= 4 is 5.97 Å². The van der Waals surface area contributed by atoms with Crippen LogP contribution >= 0.6 is 0 Å². The molecular formula is C10H8F5NO4. The van der Waals surface area contributed by atoms with Gasteiger partial charge in [0.15, 0.2) is 0 Å². The summed E-state index contributed by atoms with van der Waals surface area (Å²) in [5.41, 5.74) is -1.53. The minimum absolute atomic E-state index is 0.440. The molecule has 0 radical (unpaired) electrons. The molecule has 0 aliphatic rings. The highest BCUT2D eigenvalue weighted by Gasteiger charge is 2.35. The molecule has 1 N–H and O–H groups in total. The molecule has 0 saturated carbocycles. The van der Waals surface area contributed by atoms with E-state index in [1.165, 1.54) is 0 Å². The first-order valence-electron chi connectivity index (χ1n) is 4.97. The lowest BCUT2D eigenvalue weighted by atomic mass is 10.1. The van der Waals surface area contributed by atoms with Crippen LogP contribution in [-0.4, -0.2) is 29.5 Å². The second kappa shape index (κ2) is 5.88. The van der Waals surface area contributed by atoms with Gasteiger partial charge in [0.2, 0.25) is 5.88 Å². The number of ether oxygens (including phenoxy) is 2. The Kier molecular flexibility index (Phi) is 4.69. The Bertz CT molecular complexity index is 503. The van der Waals surface area contributed by atoms with E-state index in [1.807, 2.05) is 0 Å². The predicted molar refractivity (Wildman–Crippen MR) is 53.8 cm³/mol.